The zero-order chi connectivity index (χ0) is 18.7. The van der Waals surface area contributed by atoms with Gasteiger partial charge in [0.25, 0.3) is 0 Å². The van der Waals surface area contributed by atoms with Crippen LogP contribution in [0.2, 0.25) is 18.1 Å². The Hall–Kier alpha value is -0.723. The summed E-state index contributed by atoms with van der Waals surface area (Å²) in [6.07, 6.45) is -0.342. The highest BCUT2D eigenvalue weighted by atomic mass is 28.4. The highest BCUT2D eigenvalue weighted by molar-refractivity contribution is 6.74. The Balaban J connectivity index is 1.98. The first-order valence-electron chi connectivity index (χ1n) is 9.13. The minimum atomic E-state index is -1.87. The van der Waals surface area contributed by atoms with Crippen LogP contribution < -0.4 is 0 Å². The van der Waals surface area contributed by atoms with Gasteiger partial charge in [0.2, 0.25) is 0 Å². The Morgan fingerprint density at radius 1 is 1.16 bits per heavy atom. The normalized spacial score (nSPS) is 28.1. The summed E-state index contributed by atoms with van der Waals surface area (Å²) >= 11 is 0. The zero-order valence-electron chi connectivity index (χ0n) is 16.7. The maximum atomic E-state index is 6.56. The molecule has 0 radical (unpaired) electrons. The van der Waals surface area contributed by atoms with Crippen molar-refractivity contribution in [3.05, 3.63) is 35.9 Å². The molecule has 2 rings (SSSR count). The van der Waals surface area contributed by atoms with Gasteiger partial charge in [-0.1, -0.05) is 58.0 Å². The van der Waals surface area contributed by atoms with Gasteiger partial charge in [-0.15, -0.1) is 0 Å². The molecule has 0 aromatic heterocycles. The van der Waals surface area contributed by atoms with Crippen LogP contribution in [-0.4, -0.2) is 40.5 Å². The number of benzene rings is 1. The summed E-state index contributed by atoms with van der Waals surface area (Å²) < 4.78 is 24.4. The Bertz CT molecular complexity index is 526. The summed E-state index contributed by atoms with van der Waals surface area (Å²) in [5.74, 6) is 0.109. The second-order valence-corrected chi connectivity index (χ2v) is 13.2. The maximum absolute atomic E-state index is 6.56. The van der Waals surface area contributed by atoms with Gasteiger partial charge in [0.1, 0.15) is 0 Å². The van der Waals surface area contributed by atoms with E-state index in [-0.39, 0.29) is 29.5 Å². The van der Waals surface area contributed by atoms with Gasteiger partial charge in [0, 0.05) is 13.0 Å². The van der Waals surface area contributed by atoms with E-state index in [1.165, 1.54) is 0 Å². The van der Waals surface area contributed by atoms with Crippen molar-refractivity contribution in [2.75, 3.05) is 13.7 Å². The SMILES string of the molecule is CO[C@H]1[C@H](C)[C@@H](OCc2ccccc2)OC[C@H]1O[Si](C)(C)C(C)(C)C. The molecule has 1 saturated heterocycles. The first-order valence-corrected chi connectivity index (χ1v) is 12.0. The van der Waals surface area contributed by atoms with Crippen molar-refractivity contribution in [3.63, 3.8) is 0 Å². The third-order valence-electron chi connectivity index (χ3n) is 5.52. The smallest absolute Gasteiger partial charge is 0.192 e. The number of hydrogen-bond donors (Lipinski definition) is 0. The Morgan fingerprint density at radius 3 is 2.36 bits per heavy atom. The molecular weight excluding hydrogens is 332 g/mol. The van der Waals surface area contributed by atoms with Crippen LogP contribution in [0.3, 0.4) is 0 Å². The molecule has 4 atom stereocenters. The molecular formula is C20H34O4Si. The Labute approximate surface area is 153 Å². The topological polar surface area (TPSA) is 36.9 Å². The second-order valence-electron chi connectivity index (χ2n) is 8.47. The minimum Gasteiger partial charge on any atom is -0.409 e. The maximum Gasteiger partial charge on any atom is 0.192 e. The van der Waals surface area contributed by atoms with E-state index in [9.17, 15) is 0 Å². The molecule has 1 aromatic carbocycles. The molecule has 1 aliphatic rings. The van der Waals surface area contributed by atoms with Crippen LogP contribution in [0.4, 0.5) is 0 Å². The van der Waals surface area contributed by atoms with E-state index >= 15 is 0 Å². The lowest BCUT2D eigenvalue weighted by atomic mass is 9.96. The first-order chi connectivity index (χ1) is 11.7. The summed E-state index contributed by atoms with van der Waals surface area (Å²) in [7, 11) is -0.121. The molecule has 0 spiro atoms. The van der Waals surface area contributed by atoms with E-state index in [1.807, 2.05) is 18.2 Å². The molecule has 1 aliphatic heterocycles. The molecule has 0 aliphatic carbocycles. The summed E-state index contributed by atoms with van der Waals surface area (Å²) in [4.78, 5) is 0. The first kappa shape index (κ1) is 20.6. The van der Waals surface area contributed by atoms with Gasteiger partial charge >= 0.3 is 0 Å². The standard InChI is InChI=1S/C20H34O4Si/c1-15-18(21-5)17(24-25(6,7)20(2,3)4)14-23-19(15)22-13-16-11-9-8-10-12-16/h8-12,15,17-19H,13-14H2,1-7H3/t15-,17+,18-,19-/m0/s1. The molecule has 5 heteroatoms. The number of methoxy groups -OCH3 is 1. The summed E-state index contributed by atoms with van der Waals surface area (Å²) in [6, 6.07) is 10.2. The monoisotopic (exact) mass is 366 g/mol. The fourth-order valence-electron chi connectivity index (χ4n) is 2.90. The van der Waals surface area contributed by atoms with Crippen LogP contribution in [0.25, 0.3) is 0 Å². The molecule has 4 nitrogen and oxygen atoms in total. The average molecular weight is 367 g/mol. The zero-order valence-corrected chi connectivity index (χ0v) is 17.7. The minimum absolute atomic E-state index is 0.0244. The highest BCUT2D eigenvalue weighted by Gasteiger charge is 2.45. The number of hydrogen-bond acceptors (Lipinski definition) is 4. The van der Waals surface area contributed by atoms with Crippen LogP contribution in [-0.2, 0) is 25.2 Å². The summed E-state index contributed by atoms with van der Waals surface area (Å²) in [6.45, 7) is 14.4. The van der Waals surface area contributed by atoms with E-state index in [1.54, 1.807) is 7.11 Å². The van der Waals surface area contributed by atoms with Crippen molar-refractivity contribution in [1.29, 1.82) is 0 Å². The predicted octanol–water partition coefficient (Wildman–Crippen LogP) is 4.60. The molecule has 0 bridgehead atoms. The lowest BCUT2D eigenvalue weighted by molar-refractivity contribution is -0.252. The molecule has 142 valence electrons. The second kappa shape index (κ2) is 8.31. The van der Waals surface area contributed by atoms with Crippen LogP contribution in [0.1, 0.15) is 33.3 Å². The van der Waals surface area contributed by atoms with Crippen LogP contribution in [0.15, 0.2) is 30.3 Å². The molecule has 1 heterocycles. The fourth-order valence-corrected chi connectivity index (χ4v) is 4.22. The van der Waals surface area contributed by atoms with Crippen molar-refractivity contribution in [2.24, 2.45) is 5.92 Å². The predicted molar refractivity (Wildman–Crippen MR) is 103 cm³/mol. The van der Waals surface area contributed by atoms with Gasteiger partial charge in [-0.3, -0.25) is 0 Å². The van der Waals surface area contributed by atoms with Crippen molar-refractivity contribution >= 4 is 8.32 Å². The van der Waals surface area contributed by atoms with E-state index in [2.05, 4.69) is 52.9 Å². The quantitative estimate of drug-likeness (QED) is 0.690. The Kier molecular flexibility index (Phi) is 6.85. The van der Waals surface area contributed by atoms with Crippen molar-refractivity contribution in [3.8, 4) is 0 Å². The van der Waals surface area contributed by atoms with E-state index in [4.69, 9.17) is 18.6 Å². The number of rotatable bonds is 6. The van der Waals surface area contributed by atoms with E-state index in [0.717, 1.165) is 5.56 Å². The highest BCUT2D eigenvalue weighted by Crippen LogP contribution is 2.39. The molecule has 25 heavy (non-hydrogen) atoms. The lowest BCUT2D eigenvalue weighted by Gasteiger charge is -2.45. The van der Waals surface area contributed by atoms with E-state index in [0.29, 0.717) is 13.2 Å². The lowest BCUT2D eigenvalue weighted by Crippen LogP contribution is -2.56. The summed E-state index contributed by atoms with van der Waals surface area (Å²) in [5, 5.41) is 0.162. The molecule has 1 fully saturated rings. The number of ether oxygens (including phenoxy) is 3. The van der Waals surface area contributed by atoms with Gasteiger partial charge in [-0.2, -0.15) is 0 Å². The third kappa shape index (κ3) is 5.14. The van der Waals surface area contributed by atoms with E-state index < -0.39 is 8.32 Å². The molecule has 0 amide bonds. The van der Waals surface area contributed by atoms with Crippen LogP contribution in [0, 0.1) is 5.92 Å². The largest absolute Gasteiger partial charge is 0.409 e. The summed E-state index contributed by atoms with van der Waals surface area (Å²) in [5.41, 5.74) is 1.15. The Morgan fingerprint density at radius 2 is 1.80 bits per heavy atom. The molecule has 1 aromatic rings. The van der Waals surface area contributed by atoms with Crippen molar-refractivity contribution in [1.82, 2.24) is 0 Å². The van der Waals surface area contributed by atoms with Gasteiger partial charge in [-0.25, -0.2) is 0 Å². The molecule has 0 unspecified atom stereocenters. The van der Waals surface area contributed by atoms with Crippen molar-refractivity contribution < 1.29 is 18.6 Å². The third-order valence-corrected chi connectivity index (χ3v) is 10.0. The average Bonchev–Trinajstić information content (AvgIpc) is 2.54. The molecule has 0 saturated carbocycles. The van der Waals surface area contributed by atoms with Crippen molar-refractivity contribution in [2.45, 2.75) is 70.9 Å². The van der Waals surface area contributed by atoms with Gasteiger partial charge in [0.05, 0.1) is 25.4 Å². The van der Waals surface area contributed by atoms with Gasteiger partial charge in [-0.05, 0) is 23.7 Å². The van der Waals surface area contributed by atoms with Gasteiger partial charge in [0.15, 0.2) is 14.6 Å². The fraction of sp³-hybridized carbons (Fsp3) is 0.700. The van der Waals surface area contributed by atoms with Crippen LogP contribution in [0.5, 0.6) is 0 Å². The van der Waals surface area contributed by atoms with Crippen LogP contribution >= 0.6 is 0 Å². The molecule has 0 N–H and O–H groups in total. The van der Waals surface area contributed by atoms with Gasteiger partial charge < -0.3 is 18.6 Å².